The van der Waals surface area contributed by atoms with E-state index in [0.29, 0.717) is 36.8 Å². The van der Waals surface area contributed by atoms with Crippen molar-refractivity contribution in [2.75, 3.05) is 45.8 Å². The standard InChI is InChI=1S/C16H25N3O3S2/c20-15(18-7-2-1-3-8-18)6-9-17-10-12-19(13-11-17)24(21,22)16-5-4-14-23-16/h4-5,14H,1-3,6-13H2. The maximum absolute atomic E-state index is 12.5. The van der Waals surface area contributed by atoms with E-state index in [1.165, 1.54) is 17.8 Å². The van der Waals surface area contributed by atoms with Crippen molar-refractivity contribution in [2.45, 2.75) is 29.9 Å². The number of hydrogen-bond donors (Lipinski definition) is 0. The average Bonchev–Trinajstić information content (AvgIpc) is 3.16. The molecule has 2 saturated heterocycles. The second kappa shape index (κ2) is 7.95. The van der Waals surface area contributed by atoms with Gasteiger partial charge in [-0.15, -0.1) is 11.3 Å². The van der Waals surface area contributed by atoms with Gasteiger partial charge < -0.3 is 9.80 Å². The number of piperidine rings is 1. The molecule has 2 fully saturated rings. The molecule has 1 aromatic rings. The van der Waals surface area contributed by atoms with Crippen molar-refractivity contribution >= 4 is 27.3 Å². The largest absolute Gasteiger partial charge is 0.343 e. The Bertz CT molecular complexity index is 632. The number of piperazine rings is 1. The van der Waals surface area contributed by atoms with Gasteiger partial charge in [0.1, 0.15) is 4.21 Å². The van der Waals surface area contributed by atoms with E-state index in [1.807, 2.05) is 4.90 Å². The van der Waals surface area contributed by atoms with Gasteiger partial charge in [0.25, 0.3) is 10.0 Å². The molecule has 2 aliphatic heterocycles. The van der Waals surface area contributed by atoms with Crippen LogP contribution in [0.15, 0.2) is 21.7 Å². The first-order chi connectivity index (χ1) is 11.6. The first kappa shape index (κ1) is 17.8. The summed E-state index contributed by atoms with van der Waals surface area (Å²) in [6, 6.07) is 3.42. The van der Waals surface area contributed by atoms with E-state index >= 15 is 0 Å². The molecular weight excluding hydrogens is 346 g/mol. The molecule has 1 amide bonds. The molecule has 0 spiro atoms. The van der Waals surface area contributed by atoms with Crippen LogP contribution in [0.1, 0.15) is 25.7 Å². The Morgan fingerprint density at radius 3 is 2.38 bits per heavy atom. The summed E-state index contributed by atoms with van der Waals surface area (Å²) in [5.41, 5.74) is 0. The number of nitrogens with zero attached hydrogens (tertiary/aromatic N) is 3. The van der Waals surface area contributed by atoms with Crippen molar-refractivity contribution < 1.29 is 13.2 Å². The van der Waals surface area contributed by atoms with Gasteiger partial charge in [0.15, 0.2) is 0 Å². The molecule has 0 aromatic carbocycles. The number of carbonyl (C=O) groups excluding carboxylic acids is 1. The first-order valence-electron chi connectivity index (χ1n) is 8.61. The molecule has 2 aliphatic rings. The summed E-state index contributed by atoms with van der Waals surface area (Å²) in [5.74, 6) is 0.239. The zero-order valence-electron chi connectivity index (χ0n) is 13.9. The number of hydrogen-bond acceptors (Lipinski definition) is 5. The van der Waals surface area contributed by atoms with E-state index in [-0.39, 0.29) is 5.91 Å². The minimum atomic E-state index is -3.34. The second-order valence-corrected chi connectivity index (χ2v) is 9.48. The summed E-state index contributed by atoms with van der Waals surface area (Å²) in [6.07, 6.45) is 4.00. The first-order valence-corrected chi connectivity index (χ1v) is 10.9. The molecule has 3 heterocycles. The molecule has 24 heavy (non-hydrogen) atoms. The van der Waals surface area contributed by atoms with E-state index in [1.54, 1.807) is 21.8 Å². The zero-order chi connectivity index (χ0) is 17.0. The lowest BCUT2D eigenvalue weighted by atomic mass is 10.1. The summed E-state index contributed by atoms with van der Waals surface area (Å²) in [5, 5.41) is 1.79. The molecular formula is C16H25N3O3S2. The molecule has 0 atom stereocenters. The highest BCUT2D eigenvalue weighted by atomic mass is 32.2. The van der Waals surface area contributed by atoms with Gasteiger partial charge in [0.2, 0.25) is 5.91 Å². The normalized spacial score (nSPS) is 21.1. The maximum Gasteiger partial charge on any atom is 0.252 e. The van der Waals surface area contributed by atoms with Crippen molar-refractivity contribution in [3.8, 4) is 0 Å². The number of amides is 1. The number of carbonyl (C=O) groups is 1. The van der Waals surface area contributed by atoms with Crippen molar-refractivity contribution in [3.05, 3.63) is 17.5 Å². The van der Waals surface area contributed by atoms with Crippen LogP contribution in [0.5, 0.6) is 0 Å². The summed E-state index contributed by atoms with van der Waals surface area (Å²) in [6.45, 7) is 4.89. The van der Waals surface area contributed by atoms with Gasteiger partial charge in [-0.2, -0.15) is 4.31 Å². The third-order valence-corrected chi connectivity index (χ3v) is 8.04. The smallest absolute Gasteiger partial charge is 0.252 e. The van der Waals surface area contributed by atoms with E-state index < -0.39 is 10.0 Å². The summed E-state index contributed by atoms with van der Waals surface area (Å²) < 4.78 is 26.9. The van der Waals surface area contributed by atoms with E-state index in [0.717, 1.165) is 32.5 Å². The molecule has 6 nitrogen and oxygen atoms in total. The van der Waals surface area contributed by atoms with Crippen molar-refractivity contribution in [2.24, 2.45) is 0 Å². The summed E-state index contributed by atoms with van der Waals surface area (Å²) in [4.78, 5) is 16.4. The van der Waals surface area contributed by atoms with Crippen molar-refractivity contribution in [1.29, 1.82) is 0 Å². The monoisotopic (exact) mass is 371 g/mol. The quantitative estimate of drug-likeness (QED) is 0.786. The van der Waals surface area contributed by atoms with E-state index in [4.69, 9.17) is 0 Å². The molecule has 0 N–H and O–H groups in total. The third-order valence-electron chi connectivity index (χ3n) is 4.77. The van der Waals surface area contributed by atoms with E-state index in [2.05, 4.69) is 4.90 Å². The van der Waals surface area contributed by atoms with Crippen LogP contribution in [0.3, 0.4) is 0 Å². The summed E-state index contributed by atoms with van der Waals surface area (Å²) >= 11 is 1.26. The molecule has 0 bridgehead atoms. The SMILES string of the molecule is O=C(CCN1CCN(S(=O)(=O)c2cccs2)CC1)N1CCCCC1. The maximum atomic E-state index is 12.5. The number of likely N-dealkylation sites (tertiary alicyclic amines) is 1. The fourth-order valence-electron chi connectivity index (χ4n) is 3.29. The van der Waals surface area contributed by atoms with Gasteiger partial charge in [0.05, 0.1) is 0 Å². The Balaban J connectivity index is 1.44. The molecule has 3 rings (SSSR count). The molecule has 0 unspecified atom stereocenters. The van der Waals surface area contributed by atoms with Crippen LogP contribution in [-0.2, 0) is 14.8 Å². The highest BCUT2D eigenvalue weighted by Crippen LogP contribution is 2.22. The lowest BCUT2D eigenvalue weighted by molar-refractivity contribution is -0.132. The predicted molar refractivity (Wildman–Crippen MR) is 94.6 cm³/mol. The molecule has 0 aliphatic carbocycles. The van der Waals surface area contributed by atoms with Gasteiger partial charge in [-0.1, -0.05) is 6.07 Å². The Labute approximate surface area is 148 Å². The van der Waals surface area contributed by atoms with Gasteiger partial charge in [0, 0.05) is 52.2 Å². The van der Waals surface area contributed by atoms with Gasteiger partial charge >= 0.3 is 0 Å². The third kappa shape index (κ3) is 4.17. The van der Waals surface area contributed by atoms with Crippen LogP contribution in [0, 0.1) is 0 Å². The van der Waals surface area contributed by atoms with Crippen LogP contribution < -0.4 is 0 Å². The molecule has 8 heteroatoms. The Hall–Kier alpha value is -0.960. The van der Waals surface area contributed by atoms with Crippen LogP contribution in [-0.4, -0.2) is 74.2 Å². The minimum absolute atomic E-state index is 0.239. The molecule has 0 radical (unpaired) electrons. The lowest BCUT2D eigenvalue weighted by Crippen LogP contribution is -2.49. The highest BCUT2D eigenvalue weighted by Gasteiger charge is 2.29. The Kier molecular flexibility index (Phi) is 5.91. The predicted octanol–water partition coefficient (Wildman–Crippen LogP) is 1.46. The minimum Gasteiger partial charge on any atom is -0.343 e. The van der Waals surface area contributed by atoms with E-state index in [9.17, 15) is 13.2 Å². The Morgan fingerprint density at radius 2 is 1.75 bits per heavy atom. The van der Waals surface area contributed by atoms with Crippen LogP contribution in [0.25, 0.3) is 0 Å². The Morgan fingerprint density at radius 1 is 1.04 bits per heavy atom. The van der Waals surface area contributed by atoms with Crippen molar-refractivity contribution in [1.82, 2.24) is 14.1 Å². The number of sulfonamides is 1. The van der Waals surface area contributed by atoms with Gasteiger partial charge in [-0.25, -0.2) is 8.42 Å². The zero-order valence-corrected chi connectivity index (χ0v) is 15.5. The lowest BCUT2D eigenvalue weighted by Gasteiger charge is -2.34. The van der Waals surface area contributed by atoms with Gasteiger partial charge in [-0.3, -0.25) is 4.79 Å². The highest BCUT2D eigenvalue weighted by molar-refractivity contribution is 7.91. The van der Waals surface area contributed by atoms with Crippen LogP contribution in [0.2, 0.25) is 0 Å². The molecule has 0 saturated carbocycles. The summed E-state index contributed by atoms with van der Waals surface area (Å²) in [7, 11) is -3.34. The average molecular weight is 372 g/mol. The molecule has 134 valence electrons. The molecule has 1 aromatic heterocycles. The van der Waals surface area contributed by atoms with Gasteiger partial charge in [-0.05, 0) is 30.7 Å². The topological polar surface area (TPSA) is 60.9 Å². The van der Waals surface area contributed by atoms with Crippen LogP contribution >= 0.6 is 11.3 Å². The fraction of sp³-hybridized carbons (Fsp3) is 0.688. The number of rotatable bonds is 5. The van der Waals surface area contributed by atoms with Crippen LogP contribution in [0.4, 0.5) is 0 Å². The number of thiophene rings is 1. The second-order valence-electron chi connectivity index (χ2n) is 6.37. The van der Waals surface area contributed by atoms with Crippen molar-refractivity contribution in [3.63, 3.8) is 0 Å². The fourth-order valence-corrected chi connectivity index (χ4v) is 5.85.